The Kier molecular flexibility index (Phi) is 7.58. The molecule has 0 heterocycles. The first kappa shape index (κ1) is 20.2. The third kappa shape index (κ3) is 6.60. The van der Waals surface area contributed by atoms with Gasteiger partial charge in [-0.25, -0.2) is 0 Å². The van der Waals surface area contributed by atoms with Crippen molar-refractivity contribution in [2.45, 2.75) is 12.8 Å². The highest BCUT2D eigenvalue weighted by Crippen LogP contribution is 2.15. The number of carboxylic acid groups (broad SMARTS) is 1. The van der Waals surface area contributed by atoms with Gasteiger partial charge in [0.25, 0.3) is 11.8 Å². The van der Waals surface area contributed by atoms with Gasteiger partial charge in [0.15, 0.2) is 0 Å². The van der Waals surface area contributed by atoms with Gasteiger partial charge in [0.2, 0.25) is 0 Å². The van der Waals surface area contributed by atoms with E-state index in [4.69, 9.17) is 16.7 Å². The van der Waals surface area contributed by atoms with Crippen LogP contribution in [-0.4, -0.2) is 29.4 Å². The van der Waals surface area contributed by atoms with Gasteiger partial charge in [0.1, 0.15) is 5.70 Å². The molecule has 0 radical (unpaired) electrons. The van der Waals surface area contributed by atoms with Gasteiger partial charge in [-0.2, -0.15) is 0 Å². The predicted octanol–water partition coefficient (Wildman–Crippen LogP) is 3.09. The molecule has 0 bridgehead atoms. The van der Waals surface area contributed by atoms with Crippen molar-refractivity contribution in [2.75, 3.05) is 6.54 Å². The maximum Gasteiger partial charge on any atom is 0.303 e. The number of halogens is 1. The number of carboxylic acids is 1. The molecule has 0 atom stereocenters. The summed E-state index contributed by atoms with van der Waals surface area (Å²) in [5, 5.41) is 14.1. The van der Waals surface area contributed by atoms with Crippen molar-refractivity contribution >= 4 is 35.5 Å². The molecule has 0 aliphatic carbocycles. The number of carbonyl (C=O) groups is 3. The Morgan fingerprint density at radius 3 is 2.33 bits per heavy atom. The van der Waals surface area contributed by atoms with Crippen molar-refractivity contribution in [1.82, 2.24) is 10.6 Å². The lowest BCUT2D eigenvalue weighted by Crippen LogP contribution is -2.35. The monoisotopic (exact) mass is 386 g/mol. The summed E-state index contributed by atoms with van der Waals surface area (Å²) in [4.78, 5) is 35.5. The Labute approximate surface area is 161 Å². The smallest absolute Gasteiger partial charge is 0.303 e. The normalized spacial score (nSPS) is 10.9. The quantitative estimate of drug-likeness (QED) is 0.480. The SMILES string of the molecule is O=C(O)CCCNC(=O)/C(=C/c1ccccc1)NC(=O)c1ccccc1Cl. The van der Waals surface area contributed by atoms with Crippen molar-refractivity contribution in [3.8, 4) is 0 Å². The van der Waals surface area contributed by atoms with E-state index < -0.39 is 17.8 Å². The molecule has 6 nitrogen and oxygen atoms in total. The van der Waals surface area contributed by atoms with Crippen molar-refractivity contribution < 1.29 is 19.5 Å². The summed E-state index contributed by atoms with van der Waals surface area (Å²) < 4.78 is 0. The van der Waals surface area contributed by atoms with Crippen LogP contribution in [0.25, 0.3) is 6.08 Å². The third-order valence-corrected chi connectivity index (χ3v) is 3.90. The first-order valence-electron chi connectivity index (χ1n) is 8.30. The van der Waals surface area contributed by atoms with Crippen molar-refractivity contribution in [3.63, 3.8) is 0 Å². The standard InChI is InChI=1S/C20H19ClN2O4/c21-16-10-5-4-9-15(16)19(26)23-17(13-14-7-2-1-3-8-14)20(27)22-12-6-11-18(24)25/h1-5,7-10,13H,6,11-12H2,(H,22,27)(H,23,26)(H,24,25)/b17-13-. The number of amides is 2. The van der Waals surface area contributed by atoms with Crippen molar-refractivity contribution in [1.29, 1.82) is 0 Å². The summed E-state index contributed by atoms with van der Waals surface area (Å²) in [5.41, 5.74) is 1.02. The van der Waals surface area contributed by atoms with Gasteiger partial charge < -0.3 is 15.7 Å². The second kappa shape index (κ2) is 10.1. The molecule has 0 saturated heterocycles. The van der Waals surface area contributed by atoms with Gasteiger partial charge in [-0.3, -0.25) is 14.4 Å². The second-order valence-corrected chi connectivity index (χ2v) is 6.06. The fraction of sp³-hybridized carbons (Fsp3) is 0.150. The van der Waals surface area contributed by atoms with E-state index in [1.165, 1.54) is 0 Å². The second-order valence-electron chi connectivity index (χ2n) is 5.66. The predicted molar refractivity (Wildman–Crippen MR) is 103 cm³/mol. The van der Waals surface area contributed by atoms with Crippen LogP contribution >= 0.6 is 11.6 Å². The summed E-state index contributed by atoms with van der Waals surface area (Å²) >= 11 is 6.04. The molecule has 2 amide bonds. The molecular weight excluding hydrogens is 368 g/mol. The molecule has 2 aromatic carbocycles. The maximum absolute atomic E-state index is 12.5. The van der Waals surface area contributed by atoms with Crippen molar-refractivity contribution in [2.24, 2.45) is 0 Å². The molecular formula is C20H19ClN2O4. The first-order valence-corrected chi connectivity index (χ1v) is 8.68. The van der Waals surface area contributed by atoms with E-state index in [-0.39, 0.29) is 35.7 Å². The van der Waals surface area contributed by atoms with E-state index in [0.29, 0.717) is 0 Å². The zero-order valence-corrected chi connectivity index (χ0v) is 15.2. The zero-order valence-electron chi connectivity index (χ0n) is 14.4. The molecule has 2 rings (SSSR count). The number of hydrogen-bond donors (Lipinski definition) is 3. The number of benzene rings is 2. The van der Waals surface area contributed by atoms with Crippen LogP contribution in [0.3, 0.4) is 0 Å². The Balaban J connectivity index is 2.16. The summed E-state index contributed by atoms with van der Waals surface area (Å²) in [5.74, 6) is -1.95. The largest absolute Gasteiger partial charge is 0.481 e. The lowest BCUT2D eigenvalue weighted by Gasteiger charge is -2.11. The maximum atomic E-state index is 12.5. The van der Waals surface area contributed by atoms with E-state index in [9.17, 15) is 14.4 Å². The molecule has 7 heteroatoms. The van der Waals surface area contributed by atoms with Gasteiger partial charge >= 0.3 is 5.97 Å². The number of aliphatic carboxylic acids is 1. The molecule has 140 valence electrons. The van der Waals surface area contributed by atoms with Gasteiger partial charge in [-0.1, -0.05) is 54.1 Å². The molecule has 0 unspecified atom stereocenters. The molecule has 0 aromatic heterocycles. The minimum Gasteiger partial charge on any atom is -0.481 e. The van der Waals surface area contributed by atoms with Gasteiger partial charge in [-0.05, 0) is 30.2 Å². The van der Waals surface area contributed by atoms with Crippen LogP contribution in [0.5, 0.6) is 0 Å². The van der Waals surface area contributed by atoms with E-state index in [1.807, 2.05) is 18.2 Å². The Bertz CT molecular complexity index is 850. The molecule has 2 aromatic rings. The summed E-state index contributed by atoms with van der Waals surface area (Å²) in [6, 6.07) is 15.6. The van der Waals surface area contributed by atoms with Gasteiger partial charge in [0.05, 0.1) is 10.6 Å². The fourth-order valence-corrected chi connectivity index (χ4v) is 2.47. The van der Waals surface area contributed by atoms with E-state index >= 15 is 0 Å². The molecule has 27 heavy (non-hydrogen) atoms. The van der Waals surface area contributed by atoms with E-state index in [2.05, 4.69) is 10.6 Å². The lowest BCUT2D eigenvalue weighted by atomic mass is 10.1. The molecule has 0 spiro atoms. The Morgan fingerprint density at radius 1 is 1.00 bits per heavy atom. The van der Waals surface area contributed by atoms with E-state index in [1.54, 1.807) is 42.5 Å². The number of rotatable bonds is 8. The zero-order chi connectivity index (χ0) is 19.6. The fourth-order valence-electron chi connectivity index (χ4n) is 2.25. The van der Waals surface area contributed by atoms with Crippen LogP contribution in [0.15, 0.2) is 60.3 Å². The summed E-state index contributed by atoms with van der Waals surface area (Å²) in [6.45, 7) is 0.180. The third-order valence-electron chi connectivity index (χ3n) is 3.57. The van der Waals surface area contributed by atoms with Crippen LogP contribution in [0.1, 0.15) is 28.8 Å². The minimum atomic E-state index is -0.934. The average molecular weight is 387 g/mol. The lowest BCUT2D eigenvalue weighted by molar-refractivity contribution is -0.137. The molecule has 0 saturated carbocycles. The van der Waals surface area contributed by atoms with Crippen molar-refractivity contribution in [3.05, 3.63) is 76.4 Å². The topological polar surface area (TPSA) is 95.5 Å². The Morgan fingerprint density at radius 2 is 1.67 bits per heavy atom. The van der Waals surface area contributed by atoms with E-state index in [0.717, 1.165) is 5.56 Å². The van der Waals surface area contributed by atoms with Crippen LogP contribution in [0, 0.1) is 0 Å². The number of carbonyl (C=O) groups excluding carboxylic acids is 2. The average Bonchev–Trinajstić information content (AvgIpc) is 2.65. The molecule has 0 aliphatic heterocycles. The van der Waals surface area contributed by atoms with Crippen LogP contribution in [0.2, 0.25) is 5.02 Å². The van der Waals surface area contributed by atoms with Crippen LogP contribution in [0.4, 0.5) is 0 Å². The highest BCUT2D eigenvalue weighted by atomic mass is 35.5. The first-order chi connectivity index (χ1) is 13.0. The number of nitrogens with one attached hydrogen (secondary N) is 2. The van der Waals surface area contributed by atoms with Gasteiger partial charge in [0, 0.05) is 13.0 Å². The Hall–Kier alpha value is -3.12. The molecule has 0 fully saturated rings. The molecule has 0 aliphatic rings. The van der Waals surface area contributed by atoms with Crippen LogP contribution < -0.4 is 10.6 Å². The summed E-state index contributed by atoms with van der Waals surface area (Å²) in [6.07, 6.45) is 1.78. The minimum absolute atomic E-state index is 0.0430. The van der Waals surface area contributed by atoms with Gasteiger partial charge in [-0.15, -0.1) is 0 Å². The number of hydrogen-bond acceptors (Lipinski definition) is 3. The van der Waals surface area contributed by atoms with Crippen LogP contribution in [-0.2, 0) is 9.59 Å². The highest BCUT2D eigenvalue weighted by molar-refractivity contribution is 6.34. The highest BCUT2D eigenvalue weighted by Gasteiger charge is 2.16. The molecule has 3 N–H and O–H groups in total. The summed E-state index contributed by atoms with van der Waals surface area (Å²) in [7, 11) is 0.